The topological polar surface area (TPSA) is 43.9 Å². The van der Waals surface area contributed by atoms with Gasteiger partial charge in [-0.05, 0) is 51.3 Å². The summed E-state index contributed by atoms with van der Waals surface area (Å²) in [6.45, 7) is 8.36. The van der Waals surface area contributed by atoms with Crippen molar-refractivity contribution in [2.75, 3.05) is 24.7 Å². The molecule has 1 aromatic carbocycles. The van der Waals surface area contributed by atoms with Crippen LogP contribution in [0.25, 0.3) is 0 Å². The van der Waals surface area contributed by atoms with Crippen LogP contribution in [-0.4, -0.2) is 47.5 Å². The number of hydrogen-bond acceptors (Lipinski definition) is 3. The molecule has 0 aromatic heterocycles. The van der Waals surface area contributed by atoms with Crippen molar-refractivity contribution >= 4 is 17.6 Å². The van der Waals surface area contributed by atoms with Crippen LogP contribution in [0.3, 0.4) is 0 Å². The first-order valence-electron chi connectivity index (χ1n) is 8.41. The van der Waals surface area contributed by atoms with E-state index in [4.69, 9.17) is 0 Å². The predicted octanol–water partition coefficient (Wildman–Crippen LogP) is 2.84. The number of benzene rings is 1. The van der Waals surface area contributed by atoms with Crippen LogP contribution < -0.4 is 4.90 Å². The number of rotatable bonds is 3. The molecule has 0 aliphatic carbocycles. The molecule has 2 atom stereocenters. The van der Waals surface area contributed by atoms with Gasteiger partial charge in [-0.1, -0.05) is 24.6 Å². The molecule has 2 aliphatic heterocycles. The van der Waals surface area contributed by atoms with Crippen LogP contribution in [0.5, 0.6) is 0 Å². The highest BCUT2D eigenvalue weighted by Crippen LogP contribution is 2.27. The maximum absolute atomic E-state index is 12.8. The van der Waals surface area contributed by atoms with Crippen LogP contribution >= 0.6 is 0 Å². The largest absolute Gasteiger partial charge is 0.333 e. The van der Waals surface area contributed by atoms with Crippen LogP contribution in [0, 0.1) is 12.8 Å². The molecule has 1 aromatic rings. The number of amides is 3. The zero-order valence-corrected chi connectivity index (χ0v) is 14.2. The summed E-state index contributed by atoms with van der Waals surface area (Å²) < 4.78 is 0. The molecule has 0 saturated carbocycles. The third-order valence-electron chi connectivity index (χ3n) is 4.84. The van der Waals surface area contributed by atoms with E-state index >= 15 is 0 Å². The second-order valence-corrected chi connectivity index (χ2v) is 6.90. The number of hydrogen-bond donors (Lipinski definition) is 0. The Morgan fingerprint density at radius 2 is 1.83 bits per heavy atom. The van der Waals surface area contributed by atoms with Crippen molar-refractivity contribution in [3.05, 3.63) is 29.8 Å². The minimum atomic E-state index is -0.438. The smallest absolute Gasteiger partial charge is 0.285 e. The first-order valence-corrected chi connectivity index (χ1v) is 8.41. The van der Waals surface area contributed by atoms with Crippen LogP contribution in [0.1, 0.15) is 32.3 Å². The number of anilines is 1. The lowest BCUT2D eigenvalue weighted by Crippen LogP contribution is -2.45. The summed E-state index contributed by atoms with van der Waals surface area (Å²) in [6, 6.07) is 7.10. The molecule has 23 heavy (non-hydrogen) atoms. The number of carbonyl (C=O) groups excluding carboxylic acids is 2. The second kappa shape index (κ2) is 6.32. The van der Waals surface area contributed by atoms with Crippen LogP contribution in [0.4, 0.5) is 10.5 Å². The zero-order valence-electron chi connectivity index (χ0n) is 14.2. The van der Waals surface area contributed by atoms with Gasteiger partial charge in [0.1, 0.15) is 6.04 Å². The molecule has 0 radical (unpaired) electrons. The first kappa shape index (κ1) is 16.0. The molecule has 2 aliphatic rings. The molecule has 2 fully saturated rings. The molecule has 3 rings (SSSR count). The Morgan fingerprint density at radius 1 is 1.13 bits per heavy atom. The van der Waals surface area contributed by atoms with E-state index in [-0.39, 0.29) is 11.9 Å². The fraction of sp³-hybridized carbons (Fsp3) is 0.556. The Labute approximate surface area is 137 Å². The van der Waals surface area contributed by atoms with E-state index in [1.54, 1.807) is 11.8 Å². The minimum absolute atomic E-state index is 0.103. The highest BCUT2D eigenvalue weighted by molar-refractivity contribution is 6.14. The molecule has 0 spiro atoms. The van der Waals surface area contributed by atoms with Gasteiger partial charge in [0.05, 0.1) is 6.67 Å². The fourth-order valence-electron chi connectivity index (χ4n) is 3.51. The Hall–Kier alpha value is -1.88. The predicted molar refractivity (Wildman–Crippen MR) is 90.2 cm³/mol. The summed E-state index contributed by atoms with van der Waals surface area (Å²) >= 11 is 0. The number of urea groups is 1. The van der Waals surface area contributed by atoms with E-state index in [0.29, 0.717) is 12.6 Å². The fourth-order valence-corrected chi connectivity index (χ4v) is 3.51. The summed E-state index contributed by atoms with van der Waals surface area (Å²) in [5, 5.41) is 0. The van der Waals surface area contributed by atoms with Gasteiger partial charge in [0, 0.05) is 12.2 Å². The third kappa shape index (κ3) is 3.11. The number of aryl methyl sites for hydroxylation is 1. The van der Waals surface area contributed by atoms with Crippen molar-refractivity contribution in [1.82, 2.24) is 9.80 Å². The SMILES string of the molecule is Cc1ccc(N2C(=O)N(CN3CCC[C@H](C)C3)C(=O)[C@@H]2C)cc1. The van der Waals surface area contributed by atoms with Gasteiger partial charge < -0.3 is 0 Å². The van der Waals surface area contributed by atoms with Crippen LogP contribution in [0.2, 0.25) is 0 Å². The van der Waals surface area contributed by atoms with Crippen molar-refractivity contribution in [3.8, 4) is 0 Å². The number of piperidine rings is 1. The highest BCUT2D eigenvalue weighted by Gasteiger charge is 2.43. The molecule has 2 saturated heterocycles. The quantitative estimate of drug-likeness (QED) is 0.806. The molecule has 0 bridgehead atoms. The lowest BCUT2D eigenvalue weighted by Gasteiger charge is -2.32. The average Bonchev–Trinajstić information content (AvgIpc) is 2.73. The average molecular weight is 315 g/mol. The van der Waals surface area contributed by atoms with Gasteiger partial charge in [-0.15, -0.1) is 0 Å². The van der Waals surface area contributed by atoms with E-state index in [9.17, 15) is 9.59 Å². The molecule has 124 valence electrons. The van der Waals surface area contributed by atoms with Crippen molar-refractivity contribution in [1.29, 1.82) is 0 Å². The Morgan fingerprint density at radius 3 is 2.48 bits per heavy atom. The highest BCUT2D eigenvalue weighted by atomic mass is 16.2. The maximum atomic E-state index is 12.8. The van der Waals surface area contributed by atoms with Crippen molar-refractivity contribution < 1.29 is 9.59 Å². The molecule has 5 heteroatoms. The van der Waals surface area contributed by atoms with E-state index in [2.05, 4.69) is 11.8 Å². The second-order valence-electron chi connectivity index (χ2n) is 6.90. The standard InChI is InChI=1S/C18H25N3O2/c1-13-6-8-16(9-7-13)21-15(3)17(22)20(18(21)23)12-19-10-4-5-14(2)11-19/h6-9,14-15H,4-5,10-12H2,1-3H3/t14-,15-/m0/s1. The lowest BCUT2D eigenvalue weighted by atomic mass is 10.0. The van der Waals surface area contributed by atoms with Gasteiger partial charge in [0.25, 0.3) is 5.91 Å². The van der Waals surface area contributed by atoms with E-state index < -0.39 is 6.04 Å². The molecular weight excluding hydrogens is 290 g/mol. The van der Waals surface area contributed by atoms with Gasteiger partial charge in [0.2, 0.25) is 0 Å². The van der Waals surface area contributed by atoms with Crippen LogP contribution in [0.15, 0.2) is 24.3 Å². The van der Waals surface area contributed by atoms with E-state index in [0.717, 1.165) is 30.8 Å². The molecule has 0 N–H and O–H groups in total. The lowest BCUT2D eigenvalue weighted by molar-refractivity contribution is -0.128. The summed E-state index contributed by atoms with van der Waals surface area (Å²) in [7, 11) is 0. The Kier molecular flexibility index (Phi) is 4.39. The summed E-state index contributed by atoms with van der Waals surface area (Å²) in [6.07, 6.45) is 2.36. The normalized spacial score (nSPS) is 26.2. The first-order chi connectivity index (χ1) is 11.0. The summed E-state index contributed by atoms with van der Waals surface area (Å²) in [4.78, 5) is 30.6. The minimum Gasteiger partial charge on any atom is -0.285 e. The van der Waals surface area contributed by atoms with Crippen molar-refractivity contribution in [3.63, 3.8) is 0 Å². The van der Waals surface area contributed by atoms with E-state index in [1.807, 2.05) is 31.2 Å². The van der Waals surface area contributed by atoms with Crippen molar-refractivity contribution in [2.24, 2.45) is 5.92 Å². The number of nitrogens with zero attached hydrogens (tertiary/aromatic N) is 3. The van der Waals surface area contributed by atoms with Gasteiger partial charge in [-0.2, -0.15) is 0 Å². The van der Waals surface area contributed by atoms with Gasteiger partial charge in [-0.25, -0.2) is 9.69 Å². The number of imide groups is 1. The van der Waals surface area contributed by atoms with Gasteiger partial charge >= 0.3 is 6.03 Å². The van der Waals surface area contributed by atoms with Gasteiger partial charge in [-0.3, -0.25) is 14.6 Å². The third-order valence-corrected chi connectivity index (χ3v) is 4.84. The molecular formula is C18H25N3O2. The Balaban J connectivity index is 1.76. The van der Waals surface area contributed by atoms with Gasteiger partial charge in [0.15, 0.2) is 0 Å². The Bertz CT molecular complexity index is 599. The summed E-state index contributed by atoms with van der Waals surface area (Å²) in [5.41, 5.74) is 1.93. The maximum Gasteiger partial charge on any atom is 0.333 e. The van der Waals surface area contributed by atoms with Crippen LogP contribution in [-0.2, 0) is 4.79 Å². The monoisotopic (exact) mass is 315 g/mol. The molecule has 2 heterocycles. The number of likely N-dealkylation sites (tertiary alicyclic amines) is 1. The number of carbonyl (C=O) groups is 2. The van der Waals surface area contributed by atoms with Crippen molar-refractivity contribution in [2.45, 2.75) is 39.7 Å². The van der Waals surface area contributed by atoms with E-state index in [1.165, 1.54) is 11.3 Å². The molecule has 3 amide bonds. The molecule has 5 nitrogen and oxygen atoms in total. The summed E-state index contributed by atoms with van der Waals surface area (Å²) in [5.74, 6) is 0.524. The molecule has 0 unspecified atom stereocenters. The zero-order chi connectivity index (χ0) is 16.6.